The molecule has 0 spiro atoms. The minimum absolute atomic E-state index is 0.0545. The van der Waals surface area contributed by atoms with Crippen molar-refractivity contribution in [3.63, 3.8) is 0 Å². The number of rotatable bonds is 8. The molecule has 0 aromatic carbocycles. The van der Waals surface area contributed by atoms with Crippen LogP contribution < -0.4 is 0 Å². The minimum atomic E-state index is -0.164. The zero-order chi connectivity index (χ0) is 20.5. The van der Waals surface area contributed by atoms with E-state index in [0.717, 1.165) is 75.5 Å². The van der Waals surface area contributed by atoms with Crippen molar-refractivity contribution in [1.82, 2.24) is 0 Å². The predicted molar refractivity (Wildman–Crippen MR) is 113 cm³/mol. The summed E-state index contributed by atoms with van der Waals surface area (Å²) in [5.41, 5.74) is 0. The molecule has 3 saturated carbocycles. The standard InChI is InChI=1S/C25H40FNO2/c26-17-1-3-19-5-9-21(10-6-19)22-11-13-23(14-12-22)25(28)29-24-15-7-20(8-16-24)4-2-18-27/h19-24H,1-17H2/t19?,20?,21?,22-,23-,24?. The van der Waals surface area contributed by atoms with Gasteiger partial charge in [0, 0.05) is 6.42 Å². The van der Waals surface area contributed by atoms with Crippen LogP contribution in [0.5, 0.6) is 0 Å². The van der Waals surface area contributed by atoms with Crippen LogP contribution in [0.3, 0.4) is 0 Å². The number of alkyl halides is 1. The Morgan fingerprint density at radius 1 is 0.828 bits per heavy atom. The van der Waals surface area contributed by atoms with Gasteiger partial charge in [0.2, 0.25) is 0 Å². The molecule has 3 fully saturated rings. The number of carbonyl (C=O) groups excluding carboxylic acids is 1. The van der Waals surface area contributed by atoms with E-state index in [2.05, 4.69) is 6.07 Å². The highest BCUT2D eigenvalue weighted by Gasteiger charge is 2.34. The molecule has 3 aliphatic carbocycles. The van der Waals surface area contributed by atoms with Gasteiger partial charge in [0.25, 0.3) is 0 Å². The third-order valence-corrected chi connectivity index (χ3v) is 8.15. The van der Waals surface area contributed by atoms with Gasteiger partial charge in [-0.15, -0.1) is 0 Å². The maximum absolute atomic E-state index is 12.7. The predicted octanol–water partition coefficient (Wildman–Crippen LogP) is 6.75. The van der Waals surface area contributed by atoms with Crippen molar-refractivity contribution in [3.05, 3.63) is 0 Å². The average molecular weight is 406 g/mol. The van der Waals surface area contributed by atoms with E-state index in [4.69, 9.17) is 10.00 Å². The molecule has 0 unspecified atom stereocenters. The summed E-state index contributed by atoms with van der Waals surface area (Å²) in [6.45, 7) is -0.164. The third kappa shape index (κ3) is 6.97. The number of halogens is 1. The highest BCUT2D eigenvalue weighted by molar-refractivity contribution is 5.72. The summed E-state index contributed by atoms with van der Waals surface area (Å²) >= 11 is 0. The number of nitriles is 1. The minimum Gasteiger partial charge on any atom is -0.462 e. The molecule has 3 aliphatic rings. The smallest absolute Gasteiger partial charge is 0.309 e. The van der Waals surface area contributed by atoms with Gasteiger partial charge in [-0.05, 0) is 107 Å². The largest absolute Gasteiger partial charge is 0.462 e. The molecule has 164 valence electrons. The first kappa shape index (κ1) is 22.6. The number of nitrogens with zero attached hydrogens (tertiary/aromatic N) is 1. The lowest BCUT2D eigenvalue weighted by atomic mass is 9.68. The van der Waals surface area contributed by atoms with Crippen LogP contribution in [0.2, 0.25) is 0 Å². The van der Waals surface area contributed by atoms with Crippen molar-refractivity contribution in [2.45, 2.75) is 109 Å². The van der Waals surface area contributed by atoms with Crippen LogP contribution in [0.25, 0.3) is 0 Å². The highest BCUT2D eigenvalue weighted by atomic mass is 19.1. The van der Waals surface area contributed by atoms with Crippen LogP contribution >= 0.6 is 0 Å². The van der Waals surface area contributed by atoms with Crippen molar-refractivity contribution in [2.24, 2.45) is 29.6 Å². The van der Waals surface area contributed by atoms with E-state index in [1.54, 1.807) is 0 Å². The van der Waals surface area contributed by atoms with Gasteiger partial charge in [-0.1, -0.05) is 12.8 Å². The lowest BCUT2D eigenvalue weighted by molar-refractivity contribution is -0.157. The number of ether oxygens (including phenoxy) is 1. The summed E-state index contributed by atoms with van der Waals surface area (Å²) in [4.78, 5) is 12.7. The van der Waals surface area contributed by atoms with Crippen LogP contribution in [-0.2, 0) is 9.53 Å². The van der Waals surface area contributed by atoms with Crippen molar-refractivity contribution >= 4 is 5.97 Å². The van der Waals surface area contributed by atoms with Crippen LogP contribution in [-0.4, -0.2) is 18.7 Å². The van der Waals surface area contributed by atoms with E-state index in [1.165, 1.54) is 38.5 Å². The molecular formula is C25H40FNO2. The first-order valence-electron chi connectivity index (χ1n) is 12.3. The fraction of sp³-hybridized carbons (Fsp3) is 0.920. The Morgan fingerprint density at radius 3 is 1.97 bits per heavy atom. The molecule has 0 saturated heterocycles. The number of hydrogen-bond donors (Lipinski definition) is 0. The zero-order valence-electron chi connectivity index (χ0n) is 18.1. The molecule has 0 atom stereocenters. The second kappa shape index (κ2) is 11.9. The molecule has 0 amide bonds. The summed E-state index contributed by atoms with van der Waals surface area (Å²) in [5, 5.41) is 8.72. The molecule has 4 heteroatoms. The summed E-state index contributed by atoms with van der Waals surface area (Å²) in [7, 11) is 0. The van der Waals surface area contributed by atoms with Gasteiger partial charge in [0.1, 0.15) is 6.10 Å². The molecular weight excluding hydrogens is 365 g/mol. The van der Waals surface area contributed by atoms with Crippen LogP contribution in [0, 0.1) is 40.9 Å². The first-order chi connectivity index (χ1) is 14.2. The molecule has 0 radical (unpaired) electrons. The average Bonchev–Trinajstić information content (AvgIpc) is 2.77. The molecule has 3 nitrogen and oxygen atoms in total. The Morgan fingerprint density at radius 2 is 1.38 bits per heavy atom. The summed E-state index contributed by atoms with van der Waals surface area (Å²) < 4.78 is 18.3. The monoisotopic (exact) mass is 405 g/mol. The Balaban J connectivity index is 1.31. The quantitative estimate of drug-likeness (QED) is 0.419. The fourth-order valence-corrected chi connectivity index (χ4v) is 6.21. The maximum atomic E-state index is 12.7. The molecule has 29 heavy (non-hydrogen) atoms. The lowest BCUT2D eigenvalue weighted by Crippen LogP contribution is -2.32. The second-order valence-electron chi connectivity index (χ2n) is 10.0. The Labute approximate surface area is 176 Å². The molecule has 0 aromatic rings. The van der Waals surface area contributed by atoms with Crippen LogP contribution in [0.15, 0.2) is 0 Å². The van der Waals surface area contributed by atoms with E-state index >= 15 is 0 Å². The first-order valence-corrected chi connectivity index (χ1v) is 12.3. The fourth-order valence-electron chi connectivity index (χ4n) is 6.21. The Kier molecular flexibility index (Phi) is 9.28. The molecule has 0 bridgehead atoms. The number of esters is 1. The lowest BCUT2D eigenvalue weighted by Gasteiger charge is -2.37. The van der Waals surface area contributed by atoms with Crippen LogP contribution in [0.1, 0.15) is 103 Å². The normalized spacial score (nSPS) is 35.6. The number of hydrogen-bond acceptors (Lipinski definition) is 3. The molecule has 0 heterocycles. The molecule has 0 aromatic heterocycles. The van der Waals surface area contributed by atoms with Gasteiger partial charge in [-0.2, -0.15) is 5.26 Å². The van der Waals surface area contributed by atoms with Gasteiger partial charge in [-0.3, -0.25) is 9.18 Å². The molecule has 3 rings (SSSR count). The summed E-state index contributed by atoms with van der Waals surface area (Å²) in [5.74, 6) is 3.19. The summed E-state index contributed by atoms with van der Waals surface area (Å²) in [6, 6.07) is 2.24. The van der Waals surface area contributed by atoms with Gasteiger partial charge in [0.05, 0.1) is 18.7 Å². The van der Waals surface area contributed by atoms with Gasteiger partial charge >= 0.3 is 5.97 Å². The molecule has 0 aliphatic heterocycles. The van der Waals surface area contributed by atoms with Gasteiger partial charge in [0.15, 0.2) is 0 Å². The second-order valence-corrected chi connectivity index (χ2v) is 10.0. The third-order valence-electron chi connectivity index (χ3n) is 8.15. The topological polar surface area (TPSA) is 50.1 Å². The maximum Gasteiger partial charge on any atom is 0.309 e. The van der Waals surface area contributed by atoms with E-state index in [-0.39, 0.29) is 24.7 Å². The van der Waals surface area contributed by atoms with Crippen molar-refractivity contribution in [3.8, 4) is 6.07 Å². The Hall–Kier alpha value is -1.11. The van der Waals surface area contributed by atoms with Gasteiger partial charge in [-0.25, -0.2) is 0 Å². The van der Waals surface area contributed by atoms with Crippen LogP contribution in [0.4, 0.5) is 4.39 Å². The van der Waals surface area contributed by atoms with Crippen molar-refractivity contribution in [1.29, 1.82) is 5.26 Å². The van der Waals surface area contributed by atoms with E-state index in [0.29, 0.717) is 12.3 Å². The van der Waals surface area contributed by atoms with E-state index in [1.807, 2.05) is 0 Å². The molecule has 0 N–H and O–H groups in total. The SMILES string of the molecule is N#CCCC1CCC(OC(=O)[C@H]2CC[C@H](C3CCC(CCCF)CC3)CC2)CC1. The van der Waals surface area contributed by atoms with E-state index < -0.39 is 0 Å². The van der Waals surface area contributed by atoms with Crippen molar-refractivity contribution in [2.75, 3.05) is 6.67 Å². The van der Waals surface area contributed by atoms with Crippen molar-refractivity contribution < 1.29 is 13.9 Å². The van der Waals surface area contributed by atoms with E-state index in [9.17, 15) is 9.18 Å². The zero-order valence-corrected chi connectivity index (χ0v) is 18.1. The highest BCUT2D eigenvalue weighted by Crippen LogP contribution is 2.42. The van der Waals surface area contributed by atoms with Gasteiger partial charge < -0.3 is 4.74 Å². The summed E-state index contributed by atoms with van der Waals surface area (Å²) in [6.07, 6.45) is 17.3. The number of carbonyl (C=O) groups is 1. The Bertz CT molecular complexity index is 521.